The first kappa shape index (κ1) is 11.3. The quantitative estimate of drug-likeness (QED) is 0.868. The SMILES string of the molecule is CCc1cc(CC)n(-c2ncc(Br)cn2)n1. The predicted molar refractivity (Wildman–Crippen MR) is 65.6 cm³/mol. The van der Waals surface area contributed by atoms with Crippen LogP contribution in [-0.4, -0.2) is 19.7 Å². The minimum atomic E-state index is 0.625. The molecule has 0 aliphatic rings. The monoisotopic (exact) mass is 280 g/mol. The Balaban J connectivity index is 2.45. The van der Waals surface area contributed by atoms with E-state index in [1.807, 2.05) is 4.68 Å². The van der Waals surface area contributed by atoms with E-state index in [1.165, 1.54) is 0 Å². The van der Waals surface area contributed by atoms with Crippen LogP contribution in [0.3, 0.4) is 0 Å². The number of aromatic nitrogens is 4. The van der Waals surface area contributed by atoms with Crippen LogP contribution in [0.25, 0.3) is 5.95 Å². The normalized spacial score (nSPS) is 10.7. The Morgan fingerprint density at radius 1 is 1.19 bits per heavy atom. The van der Waals surface area contributed by atoms with Gasteiger partial charge in [-0.25, -0.2) is 14.6 Å². The van der Waals surface area contributed by atoms with Gasteiger partial charge in [-0.15, -0.1) is 0 Å². The van der Waals surface area contributed by atoms with Crippen LogP contribution in [0.15, 0.2) is 22.9 Å². The second-order valence-corrected chi connectivity index (χ2v) is 4.36. The van der Waals surface area contributed by atoms with Crippen molar-refractivity contribution in [3.05, 3.63) is 34.3 Å². The molecule has 0 N–H and O–H groups in total. The topological polar surface area (TPSA) is 43.6 Å². The highest BCUT2D eigenvalue weighted by molar-refractivity contribution is 9.10. The van der Waals surface area contributed by atoms with E-state index in [9.17, 15) is 0 Å². The Bertz CT molecular complexity index is 475. The van der Waals surface area contributed by atoms with E-state index in [2.05, 4.69) is 50.9 Å². The van der Waals surface area contributed by atoms with E-state index < -0.39 is 0 Å². The minimum absolute atomic E-state index is 0.625. The van der Waals surface area contributed by atoms with Crippen molar-refractivity contribution in [1.29, 1.82) is 0 Å². The van der Waals surface area contributed by atoms with Crippen LogP contribution >= 0.6 is 15.9 Å². The molecule has 0 atom stereocenters. The average molecular weight is 281 g/mol. The average Bonchev–Trinajstić information content (AvgIpc) is 2.73. The summed E-state index contributed by atoms with van der Waals surface area (Å²) < 4.78 is 2.68. The third-order valence-corrected chi connectivity index (χ3v) is 2.76. The van der Waals surface area contributed by atoms with E-state index >= 15 is 0 Å². The van der Waals surface area contributed by atoms with Crippen LogP contribution in [0.4, 0.5) is 0 Å². The summed E-state index contributed by atoms with van der Waals surface area (Å²) >= 11 is 3.32. The van der Waals surface area contributed by atoms with E-state index in [-0.39, 0.29) is 0 Å². The maximum atomic E-state index is 4.48. The number of hydrogen-bond donors (Lipinski definition) is 0. The Morgan fingerprint density at radius 3 is 2.44 bits per heavy atom. The van der Waals surface area contributed by atoms with Gasteiger partial charge >= 0.3 is 0 Å². The summed E-state index contributed by atoms with van der Waals surface area (Å²) in [6, 6.07) is 2.10. The molecule has 2 aromatic heterocycles. The molecule has 2 aromatic rings. The molecule has 16 heavy (non-hydrogen) atoms. The molecular weight excluding hydrogens is 268 g/mol. The molecule has 4 nitrogen and oxygen atoms in total. The minimum Gasteiger partial charge on any atom is -0.218 e. The van der Waals surface area contributed by atoms with Gasteiger partial charge in [0.1, 0.15) is 0 Å². The highest BCUT2D eigenvalue weighted by atomic mass is 79.9. The van der Waals surface area contributed by atoms with Crippen LogP contribution in [-0.2, 0) is 12.8 Å². The summed E-state index contributed by atoms with van der Waals surface area (Å²) in [6.45, 7) is 4.19. The van der Waals surface area contributed by atoms with E-state index in [0.717, 1.165) is 28.7 Å². The zero-order valence-electron chi connectivity index (χ0n) is 9.31. The Morgan fingerprint density at radius 2 is 1.88 bits per heavy atom. The largest absolute Gasteiger partial charge is 0.250 e. The molecule has 0 spiro atoms. The van der Waals surface area contributed by atoms with Gasteiger partial charge < -0.3 is 0 Å². The lowest BCUT2D eigenvalue weighted by molar-refractivity contribution is 0.745. The molecule has 0 saturated carbocycles. The van der Waals surface area contributed by atoms with Crippen molar-refractivity contribution in [2.75, 3.05) is 0 Å². The zero-order chi connectivity index (χ0) is 11.5. The van der Waals surface area contributed by atoms with Crippen LogP contribution in [0.1, 0.15) is 25.2 Å². The predicted octanol–water partition coefficient (Wildman–Crippen LogP) is 2.55. The van der Waals surface area contributed by atoms with Crippen molar-refractivity contribution >= 4 is 15.9 Å². The molecule has 0 unspecified atom stereocenters. The Hall–Kier alpha value is -1.23. The van der Waals surface area contributed by atoms with Crippen molar-refractivity contribution in [2.24, 2.45) is 0 Å². The fourth-order valence-electron chi connectivity index (χ4n) is 1.49. The highest BCUT2D eigenvalue weighted by Crippen LogP contribution is 2.12. The molecule has 0 bridgehead atoms. The molecule has 2 rings (SSSR count). The van der Waals surface area contributed by atoms with E-state index in [1.54, 1.807) is 12.4 Å². The first-order valence-corrected chi connectivity index (χ1v) is 6.09. The Kier molecular flexibility index (Phi) is 3.33. The van der Waals surface area contributed by atoms with Crippen LogP contribution in [0.5, 0.6) is 0 Å². The standard InChI is InChI=1S/C11H13BrN4/c1-3-9-5-10(4-2)16(15-9)11-13-6-8(12)7-14-11/h5-7H,3-4H2,1-2H3. The summed E-state index contributed by atoms with van der Waals surface area (Å²) in [5, 5.41) is 4.48. The smallest absolute Gasteiger partial charge is 0.218 e. The molecule has 0 saturated heterocycles. The number of hydrogen-bond acceptors (Lipinski definition) is 3. The van der Waals surface area contributed by atoms with Gasteiger partial charge in [-0.05, 0) is 34.8 Å². The molecule has 84 valence electrons. The fourth-order valence-corrected chi connectivity index (χ4v) is 1.69. The molecule has 5 heteroatoms. The van der Waals surface area contributed by atoms with Gasteiger partial charge in [0.05, 0.1) is 10.2 Å². The number of nitrogens with zero attached hydrogens (tertiary/aromatic N) is 4. The molecule has 0 aliphatic carbocycles. The summed E-state index contributed by atoms with van der Waals surface area (Å²) in [6.07, 6.45) is 5.31. The lowest BCUT2D eigenvalue weighted by Gasteiger charge is -2.02. The van der Waals surface area contributed by atoms with Crippen molar-refractivity contribution in [3.8, 4) is 5.95 Å². The van der Waals surface area contributed by atoms with Gasteiger partial charge in [0.25, 0.3) is 5.95 Å². The third-order valence-electron chi connectivity index (χ3n) is 2.35. The molecule has 0 aromatic carbocycles. The summed E-state index contributed by atoms with van der Waals surface area (Å²) in [7, 11) is 0. The maximum absolute atomic E-state index is 4.48. The van der Waals surface area contributed by atoms with Gasteiger partial charge in [-0.1, -0.05) is 13.8 Å². The number of aryl methyl sites for hydroxylation is 2. The van der Waals surface area contributed by atoms with Crippen LogP contribution in [0.2, 0.25) is 0 Å². The second kappa shape index (κ2) is 4.74. The number of rotatable bonds is 3. The van der Waals surface area contributed by atoms with Crippen molar-refractivity contribution in [1.82, 2.24) is 19.7 Å². The Labute approximate surface area is 103 Å². The molecule has 0 fully saturated rings. The van der Waals surface area contributed by atoms with Crippen molar-refractivity contribution < 1.29 is 0 Å². The summed E-state index contributed by atoms with van der Waals surface area (Å²) in [4.78, 5) is 8.49. The van der Waals surface area contributed by atoms with Crippen molar-refractivity contribution in [2.45, 2.75) is 26.7 Å². The van der Waals surface area contributed by atoms with Gasteiger partial charge in [-0.2, -0.15) is 5.10 Å². The fraction of sp³-hybridized carbons (Fsp3) is 0.364. The summed E-state index contributed by atoms with van der Waals surface area (Å²) in [5.41, 5.74) is 2.21. The lowest BCUT2D eigenvalue weighted by atomic mass is 10.3. The molecular formula is C11H13BrN4. The summed E-state index contributed by atoms with van der Waals surface area (Å²) in [5.74, 6) is 0.625. The van der Waals surface area contributed by atoms with Gasteiger partial charge in [0, 0.05) is 18.1 Å². The van der Waals surface area contributed by atoms with Gasteiger partial charge in [0.15, 0.2) is 0 Å². The van der Waals surface area contributed by atoms with Crippen molar-refractivity contribution in [3.63, 3.8) is 0 Å². The van der Waals surface area contributed by atoms with Gasteiger partial charge in [-0.3, -0.25) is 0 Å². The first-order valence-electron chi connectivity index (χ1n) is 5.30. The zero-order valence-corrected chi connectivity index (χ0v) is 10.9. The maximum Gasteiger partial charge on any atom is 0.250 e. The van der Waals surface area contributed by atoms with E-state index in [4.69, 9.17) is 0 Å². The second-order valence-electron chi connectivity index (χ2n) is 3.45. The molecule has 0 amide bonds. The number of halogens is 1. The van der Waals surface area contributed by atoms with E-state index in [0.29, 0.717) is 5.95 Å². The lowest BCUT2D eigenvalue weighted by Crippen LogP contribution is -2.06. The first-order chi connectivity index (χ1) is 7.74. The highest BCUT2D eigenvalue weighted by Gasteiger charge is 2.08. The molecule has 0 radical (unpaired) electrons. The molecule has 2 heterocycles. The van der Waals surface area contributed by atoms with Crippen LogP contribution in [0, 0.1) is 0 Å². The third kappa shape index (κ3) is 2.14. The van der Waals surface area contributed by atoms with Gasteiger partial charge in [0.2, 0.25) is 0 Å². The molecule has 0 aliphatic heterocycles. The van der Waals surface area contributed by atoms with Crippen LogP contribution < -0.4 is 0 Å².